The number of hydrogen-bond acceptors (Lipinski definition) is 6. The molecule has 3 N–H and O–H groups in total. The summed E-state index contributed by atoms with van der Waals surface area (Å²) < 4.78 is 0. The topological polar surface area (TPSA) is 107 Å². The zero-order chi connectivity index (χ0) is 18.2. The minimum Gasteiger partial charge on any atom is -0.349 e. The number of benzene rings is 1. The monoisotopic (exact) mass is 357 g/mol. The van der Waals surface area contributed by atoms with Gasteiger partial charge in [-0.05, 0) is 18.2 Å². The Bertz CT molecular complexity index is 794. The summed E-state index contributed by atoms with van der Waals surface area (Å²) in [5, 5.41) is 19.4. The molecule has 8 heteroatoms. The Morgan fingerprint density at radius 3 is 2.80 bits per heavy atom. The van der Waals surface area contributed by atoms with Crippen molar-refractivity contribution in [2.75, 3.05) is 18.4 Å². The highest BCUT2D eigenvalue weighted by Crippen LogP contribution is 2.16. The molecule has 0 aliphatic carbocycles. The van der Waals surface area contributed by atoms with Gasteiger partial charge in [-0.2, -0.15) is 5.26 Å². The standard InChI is InChI=1S/C17H19N5O2S/c1-11(2)19-6-7-20-16(24)14-10-25-17(21-14)22-15(23)13-5-3-4-12(8-13)9-18/h3-5,8,10-11,19H,6-7H2,1-2H3,(H,20,24)(H,21,22,23). The molecule has 2 aromatic rings. The number of nitrogens with one attached hydrogen (secondary N) is 3. The van der Waals surface area contributed by atoms with Crippen LogP contribution in [0.4, 0.5) is 5.13 Å². The molecule has 0 bridgehead atoms. The molecule has 1 aromatic heterocycles. The molecular weight excluding hydrogens is 338 g/mol. The van der Waals surface area contributed by atoms with Crippen LogP contribution < -0.4 is 16.0 Å². The summed E-state index contributed by atoms with van der Waals surface area (Å²) >= 11 is 1.17. The first-order chi connectivity index (χ1) is 12.0. The molecule has 0 atom stereocenters. The van der Waals surface area contributed by atoms with Crippen LogP contribution in [0.1, 0.15) is 40.3 Å². The number of thiazole rings is 1. The van der Waals surface area contributed by atoms with Gasteiger partial charge in [-0.25, -0.2) is 4.98 Å². The molecule has 0 saturated carbocycles. The number of amides is 2. The highest BCUT2D eigenvalue weighted by atomic mass is 32.1. The third-order valence-corrected chi connectivity index (χ3v) is 3.93. The summed E-state index contributed by atoms with van der Waals surface area (Å²) in [5.74, 6) is -0.659. The number of nitrogens with zero attached hydrogens (tertiary/aromatic N) is 2. The largest absolute Gasteiger partial charge is 0.349 e. The van der Waals surface area contributed by atoms with E-state index in [1.807, 2.05) is 19.9 Å². The van der Waals surface area contributed by atoms with Gasteiger partial charge in [0.05, 0.1) is 11.6 Å². The molecule has 2 amide bonds. The summed E-state index contributed by atoms with van der Waals surface area (Å²) in [4.78, 5) is 28.3. The van der Waals surface area contributed by atoms with Gasteiger partial charge in [0.2, 0.25) is 0 Å². The molecule has 2 rings (SSSR count). The van der Waals surface area contributed by atoms with Crippen LogP contribution in [-0.4, -0.2) is 35.9 Å². The molecule has 0 radical (unpaired) electrons. The predicted octanol–water partition coefficient (Wildman–Crippen LogP) is 1.99. The van der Waals surface area contributed by atoms with Crippen molar-refractivity contribution < 1.29 is 9.59 Å². The van der Waals surface area contributed by atoms with Crippen LogP contribution >= 0.6 is 11.3 Å². The lowest BCUT2D eigenvalue weighted by Crippen LogP contribution is -2.34. The second-order valence-electron chi connectivity index (χ2n) is 5.55. The van der Waals surface area contributed by atoms with Gasteiger partial charge in [-0.15, -0.1) is 11.3 Å². The number of carbonyl (C=O) groups is 2. The fourth-order valence-corrected chi connectivity index (χ4v) is 2.65. The average molecular weight is 357 g/mol. The van der Waals surface area contributed by atoms with Crippen LogP contribution in [0.2, 0.25) is 0 Å². The Hall–Kier alpha value is -2.76. The lowest BCUT2D eigenvalue weighted by atomic mass is 10.1. The summed E-state index contributed by atoms with van der Waals surface area (Å²) in [6, 6.07) is 8.71. The van der Waals surface area contributed by atoms with E-state index in [1.54, 1.807) is 23.6 Å². The Kier molecular flexibility index (Phi) is 6.62. The molecular formula is C17H19N5O2S. The van der Waals surface area contributed by atoms with E-state index in [4.69, 9.17) is 5.26 Å². The molecule has 25 heavy (non-hydrogen) atoms. The van der Waals surface area contributed by atoms with Crippen LogP contribution in [0.5, 0.6) is 0 Å². The number of carbonyl (C=O) groups excluding carboxylic acids is 2. The first-order valence-corrected chi connectivity index (χ1v) is 8.66. The molecule has 0 aliphatic rings. The highest BCUT2D eigenvalue weighted by Gasteiger charge is 2.13. The second-order valence-corrected chi connectivity index (χ2v) is 6.41. The van der Waals surface area contributed by atoms with E-state index in [2.05, 4.69) is 20.9 Å². The van der Waals surface area contributed by atoms with E-state index in [0.29, 0.717) is 35.4 Å². The van der Waals surface area contributed by atoms with E-state index >= 15 is 0 Å². The molecule has 130 valence electrons. The van der Waals surface area contributed by atoms with E-state index < -0.39 is 0 Å². The summed E-state index contributed by atoms with van der Waals surface area (Å²) in [6.07, 6.45) is 0. The van der Waals surface area contributed by atoms with Gasteiger partial charge in [0.25, 0.3) is 11.8 Å². The third-order valence-electron chi connectivity index (χ3n) is 3.17. The number of aromatic nitrogens is 1. The van der Waals surface area contributed by atoms with Crippen LogP contribution in [0, 0.1) is 11.3 Å². The summed E-state index contributed by atoms with van der Waals surface area (Å²) in [6.45, 7) is 5.23. The summed E-state index contributed by atoms with van der Waals surface area (Å²) in [5.41, 5.74) is 1.03. The average Bonchev–Trinajstić information content (AvgIpc) is 3.07. The minimum absolute atomic E-state index is 0.260. The molecule has 0 saturated heterocycles. The number of rotatable bonds is 7. The maximum absolute atomic E-state index is 12.2. The zero-order valence-corrected chi connectivity index (χ0v) is 14.8. The van der Waals surface area contributed by atoms with E-state index in [-0.39, 0.29) is 17.5 Å². The molecule has 0 fully saturated rings. The molecule has 0 spiro atoms. The lowest BCUT2D eigenvalue weighted by molar-refractivity contribution is 0.0948. The fourth-order valence-electron chi connectivity index (χ4n) is 1.96. The van der Waals surface area contributed by atoms with Crippen molar-refractivity contribution in [2.45, 2.75) is 19.9 Å². The van der Waals surface area contributed by atoms with Gasteiger partial charge in [0.15, 0.2) is 5.13 Å². The van der Waals surface area contributed by atoms with Crippen molar-refractivity contribution >= 4 is 28.3 Å². The molecule has 1 aromatic carbocycles. The van der Waals surface area contributed by atoms with E-state index in [0.717, 1.165) is 0 Å². The minimum atomic E-state index is -0.375. The third kappa shape index (κ3) is 5.67. The van der Waals surface area contributed by atoms with Crippen molar-refractivity contribution in [3.05, 3.63) is 46.5 Å². The Morgan fingerprint density at radius 1 is 1.28 bits per heavy atom. The van der Waals surface area contributed by atoms with Gasteiger partial charge in [0, 0.05) is 30.1 Å². The van der Waals surface area contributed by atoms with Crippen LogP contribution in [0.15, 0.2) is 29.6 Å². The van der Waals surface area contributed by atoms with Crippen LogP contribution in [-0.2, 0) is 0 Å². The fraction of sp³-hybridized carbons (Fsp3) is 0.294. The van der Waals surface area contributed by atoms with Crippen molar-refractivity contribution in [1.82, 2.24) is 15.6 Å². The van der Waals surface area contributed by atoms with E-state index in [1.165, 1.54) is 17.4 Å². The quantitative estimate of drug-likeness (QED) is 0.657. The lowest BCUT2D eigenvalue weighted by Gasteiger charge is -2.08. The van der Waals surface area contributed by atoms with Crippen molar-refractivity contribution in [3.8, 4) is 6.07 Å². The number of anilines is 1. The van der Waals surface area contributed by atoms with Crippen LogP contribution in [0.25, 0.3) is 0 Å². The normalized spacial score (nSPS) is 10.3. The maximum atomic E-state index is 12.2. The maximum Gasteiger partial charge on any atom is 0.270 e. The smallest absolute Gasteiger partial charge is 0.270 e. The SMILES string of the molecule is CC(C)NCCNC(=O)c1csc(NC(=O)c2cccc(C#N)c2)n1. The number of hydrogen-bond donors (Lipinski definition) is 3. The molecule has 1 heterocycles. The van der Waals surface area contributed by atoms with Gasteiger partial charge < -0.3 is 10.6 Å². The molecule has 7 nitrogen and oxygen atoms in total. The molecule has 0 aliphatic heterocycles. The van der Waals surface area contributed by atoms with Crippen LogP contribution in [0.3, 0.4) is 0 Å². The Labute approximate surface area is 150 Å². The first-order valence-electron chi connectivity index (χ1n) is 7.78. The Balaban J connectivity index is 1.91. The second kappa shape index (κ2) is 8.92. The van der Waals surface area contributed by atoms with Gasteiger partial charge in [-0.3, -0.25) is 14.9 Å². The Morgan fingerprint density at radius 2 is 2.08 bits per heavy atom. The van der Waals surface area contributed by atoms with Crippen molar-refractivity contribution in [1.29, 1.82) is 5.26 Å². The van der Waals surface area contributed by atoms with E-state index in [9.17, 15) is 9.59 Å². The predicted molar refractivity (Wildman–Crippen MR) is 96.7 cm³/mol. The van der Waals surface area contributed by atoms with Crippen molar-refractivity contribution in [2.24, 2.45) is 0 Å². The summed E-state index contributed by atoms with van der Waals surface area (Å²) in [7, 11) is 0. The van der Waals surface area contributed by atoms with Gasteiger partial charge >= 0.3 is 0 Å². The zero-order valence-electron chi connectivity index (χ0n) is 14.0. The van der Waals surface area contributed by atoms with Gasteiger partial charge in [-0.1, -0.05) is 19.9 Å². The van der Waals surface area contributed by atoms with Gasteiger partial charge in [0.1, 0.15) is 5.69 Å². The molecule has 0 unspecified atom stereocenters. The highest BCUT2D eigenvalue weighted by molar-refractivity contribution is 7.14. The first kappa shape index (κ1) is 18.6. The number of nitriles is 1. The van der Waals surface area contributed by atoms with Crippen molar-refractivity contribution in [3.63, 3.8) is 0 Å².